The predicted molar refractivity (Wildman–Crippen MR) is 92.7 cm³/mol. The Labute approximate surface area is 147 Å². The molecule has 25 heavy (non-hydrogen) atoms. The fraction of sp³-hybridized carbons (Fsp3) is 0.176. The molecule has 8 heteroatoms. The van der Waals surface area contributed by atoms with Crippen LogP contribution in [0.1, 0.15) is 27.8 Å². The van der Waals surface area contributed by atoms with Gasteiger partial charge in [-0.3, -0.25) is 9.20 Å². The van der Waals surface area contributed by atoms with E-state index in [2.05, 4.69) is 20.4 Å². The molecule has 0 unspecified atom stereocenters. The number of carbonyl (C=O) groups is 1. The third kappa shape index (κ3) is 3.58. The fourth-order valence-electron chi connectivity index (χ4n) is 2.45. The number of hydrogen-bond donors (Lipinski definition) is 1. The molecule has 0 fully saturated rings. The Hall–Kier alpha value is -3.00. The number of hydrogen-bond acceptors (Lipinski definition) is 6. The first-order valence-corrected chi connectivity index (χ1v) is 8.72. The molecule has 3 heterocycles. The van der Waals surface area contributed by atoms with Crippen molar-refractivity contribution in [3.05, 3.63) is 71.1 Å². The Morgan fingerprint density at radius 3 is 2.96 bits per heavy atom. The van der Waals surface area contributed by atoms with Gasteiger partial charge in [0.25, 0.3) is 5.91 Å². The second-order valence-electron chi connectivity index (χ2n) is 5.49. The third-order valence-corrected chi connectivity index (χ3v) is 4.44. The van der Waals surface area contributed by atoms with Gasteiger partial charge in [0.15, 0.2) is 10.8 Å². The summed E-state index contributed by atoms with van der Waals surface area (Å²) in [7, 11) is 0. The van der Waals surface area contributed by atoms with Gasteiger partial charge in [-0.15, -0.1) is 11.3 Å². The van der Waals surface area contributed by atoms with Crippen molar-refractivity contribution in [2.75, 3.05) is 6.54 Å². The van der Waals surface area contributed by atoms with Crippen molar-refractivity contribution in [2.24, 2.45) is 0 Å². The fourth-order valence-corrected chi connectivity index (χ4v) is 3.15. The number of fused-ring (bicyclic) bond motifs is 1. The maximum absolute atomic E-state index is 12.1. The smallest absolute Gasteiger partial charge is 0.271 e. The number of rotatable bonds is 6. The lowest BCUT2D eigenvalue weighted by Gasteiger charge is -1.99. The molecular weight excluding hydrogens is 338 g/mol. The summed E-state index contributed by atoms with van der Waals surface area (Å²) in [5, 5.41) is 8.72. The first-order valence-electron chi connectivity index (χ1n) is 7.84. The van der Waals surface area contributed by atoms with Crippen LogP contribution >= 0.6 is 11.3 Å². The maximum Gasteiger partial charge on any atom is 0.271 e. The molecule has 1 aromatic carbocycles. The quantitative estimate of drug-likeness (QED) is 0.575. The van der Waals surface area contributed by atoms with Crippen molar-refractivity contribution < 1.29 is 9.32 Å². The monoisotopic (exact) mass is 353 g/mol. The first-order chi connectivity index (χ1) is 12.3. The van der Waals surface area contributed by atoms with Crippen molar-refractivity contribution in [1.82, 2.24) is 24.8 Å². The van der Waals surface area contributed by atoms with Crippen LogP contribution in [-0.4, -0.2) is 32.0 Å². The van der Waals surface area contributed by atoms with E-state index in [1.807, 2.05) is 46.3 Å². The summed E-state index contributed by atoms with van der Waals surface area (Å²) in [6.45, 7) is 0.414. The number of thiazole rings is 1. The number of nitrogens with zero attached hydrogens (tertiary/aromatic N) is 4. The molecular formula is C17H15N5O2S. The van der Waals surface area contributed by atoms with Gasteiger partial charge in [0.1, 0.15) is 5.69 Å². The second kappa shape index (κ2) is 6.86. The summed E-state index contributed by atoms with van der Waals surface area (Å²) in [5.41, 5.74) is 1.53. The molecule has 0 aliphatic heterocycles. The minimum atomic E-state index is -0.208. The number of amides is 1. The van der Waals surface area contributed by atoms with Crippen LogP contribution in [0.2, 0.25) is 0 Å². The number of imidazole rings is 1. The zero-order valence-corrected chi connectivity index (χ0v) is 14.1. The average molecular weight is 353 g/mol. The van der Waals surface area contributed by atoms with Crippen molar-refractivity contribution in [3.8, 4) is 0 Å². The van der Waals surface area contributed by atoms with Crippen LogP contribution in [0.25, 0.3) is 4.96 Å². The van der Waals surface area contributed by atoms with E-state index in [0.717, 1.165) is 10.5 Å². The van der Waals surface area contributed by atoms with Gasteiger partial charge in [0, 0.05) is 37.2 Å². The zero-order valence-electron chi connectivity index (χ0n) is 13.3. The van der Waals surface area contributed by atoms with Crippen LogP contribution in [0.3, 0.4) is 0 Å². The summed E-state index contributed by atoms with van der Waals surface area (Å²) in [6.07, 6.45) is 4.69. The molecule has 0 spiro atoms. The first kappa shape index (κ1) is 15.5. The van der Waals surface area contributed by atoms with Crippen LogP contribution in [0, 0.1) is 0 Å². The summed E-state index contributed by atoms with van der Waals surface area (Å²) in [6, 6.07) is 9.97. The summed E-state index contributed by atoms with van der Waals surface area (Å²) < 4.78 is 7.06. The van der Waals surface area contributed by atoms with Crippen LogP contribution in [-0.2, 0) is 12.8 Å². The van der Waals surface area contributed by atoms with Gasteiger partial charge in [0.05, 0.1) is 0 Å². The highest BCUT2D eigenvalue weighted by Gasteiger charge is 2.12. The Kier molecular flexibility index (Phi) is 4.26. The number of nitrogens with one attached hydrogen (secondary N) is 1. The van der Waals surface area contributed by atoms with E-state index in [1.165, 1.54) is 11.3 Å². The van der Waals surface area contributed by atoms with Crippen LogP contribution < -0.4 is 5.32 Å². The van der Waals surface area contributed by atoms with Gasteiger partial charge in [-0.1, -0.05) is 35.5 Å². The lowest BCUT2D eigenvalue weighted by molar-refractivity contribution is 0.0949. The van der Waals surface area contributed by atoms with E-state index in [0.29, 0.717) is 36.8 Å². The zero-order chi connectivity index (χ0) is 17.1. The van der Waals surface area contributed by atoms with E-state index in [1.54, 1.807) is 6.20 Å². The van der Waals surface area contributed by atoms with Gasteiger partial charge in [-0.2, -0.15) is 4.98 Å². The molecule has 0 saturated heterocycles. The van der Waals surface area contributed by atoms with Crippen LogP contribution in [0.15, 0.2) is 52.6 Å². The van der Waals surface area contributed by atoms with Gasteiger partial charge >= 0.3 is 0 Å². The molecule has 0 atom stereocenters. The average Bonchev–Trinajstić information content (AvgIpc) is 3.32. The molecule has 0 aliphatic carbocycles. The molecule has 0 saturated carbocycles. The van der Waals surface area contributed by atoms with Crippen molar-refractivity contribution in [1.29, 1.82) is 0 Å². The van der Waals surface area contributed by atoms with Gasteiger partial charge in [-0.25, -0.2) is 4.98 Å². The van der Waals surface area contributed by atoms with Gasteiger partial charge in [-0.05, 0) is 5.56 Å². The lowest BCUT2D eigenvalue weighted by Crippen LogP contribution is -2.26. The van der Waals surface area contributed by atoms with Crippen molar-refractivity contribution >= 4 is 22.2 Å². The largest absolute Gasteiger partial charge is 0.350 e. The van der Waals surface area contributed by atoms with E-state index in [4.69, 9.17) is 4.52 Å². The van der Waals surface area contributed by atoms with Crippen LogP contribution in [0.4, 0.5) is 0 Å². The number of carbonyl (C=O) groups excluding carboxylic acids is 1. The molecule has 126 valence electrons. The third-order valence-electron chi connectivity index (χ3n) is 3.67. The highest BCUT2D eigenvalue weighted by Crippen LogP contribution is 2.11. The molecule has 1 amide bonds. The maximum atomic E-state index is 12.1. The van der Waals surface area contributed by atoms with E-state index >= 15 is 0 Å². The minimum absolute atomic E-state index is 0.208. The minimum Gasteiger partial charge on any atom is -0.350 e. The standard InChI is InChI=1S/C17H15N5O2S/c23-16(13-11-22-8-9-25-17(22)19-13)18-7-6-15-20-14(21-24-15)10-12-4-2-1-3-5-12/h1-5,8-9,11H,6-7,10H2,(H,18,23). The van der Waals surface area contributed by atoms with Gasteiger partial charge < -0.3 is 9.84 Å². The molecule has 1 N–H and O–H groups in total. The topological polar surface area (TPSA) is 85.3 Å². The molecule has 4 rings (SSSR count). The van der Waals surface area contributed by atoms with E-state index < -0.39 is 0 Å². The second-order valence-corrected chi connectivity index (χ2v) is 6.36. The molecule has 0 bridgehead atoms. The van der Waals surface area contributed by atoms with Crippen molar-refractivity contribution in [3.63, 3.8) is 0 Å². The molecule has 4 aromatic rings. The van der Waals surface area contributed by atoms with Crippen molar-refractivity contribution in [2.45, 2.75) is 12.8 Å². The summed E-state index contributed by atoms with van der Waals surface area (Å²) >= 11 is 1.49. The molecule has 0 aliphatic rings. The van der Waals surface area contributed by atoms with E-state index in [-0.39, 0.29) is 5.91 Å². The highest BCUT2D eigenvalue weighted by molar-refractivity contribution is 7.15. The Morgan fingerprint density at radius 1 is 1.24 bits per heavy atom. The molecule has 7 nitrogen and oxygen atoms in total. The number of aromatic nitrogens is 4. The Bertz CT molecular complexity index is 960. The summed E-state index contributed by atoms with van der Waals surface area (Å²) in [5.74, 6) is 0.943. The normalized spacial score (nSPS) is 11.0. The Balaban J connectivity index is 1.30. The Morgan fingerprint density at radius 2 is 2.12 bits per heavy atom. The van der Waals surface area contributed by atoms with E-state index in [9.17, 15) is 4.79 Å². The van der Waals surface area contributed by atoms with Gasteiger partial charge in [0.2, 0.25) is 5.89 Å². The SMILES string of the molecule is O=C(NCCc1nc(Cc2ccccc2)no1)c1cn2ccsc2n1. The predicted octanol–water partition coefficient (Wildman–Crippen LogP) is 2.34. The molecule has 0 radical (unpaired) electrons. The lowest BCUT2D eigenvalue weighted by atomic mass is 10.1. The van der Waals surface area contributed by atoms with Crippen LogP contribution in [0.5, 0.6) is 0 Å². The molecule has 3 aromatic heterocycles. The number of benzene rings is 1. The summed E-state index contributed by atoms with van der Waals surface area (Å²) in [4.78, 5) is 21.5. The highest BCUT2D eigenvalue weighted by atomic mass is 32.1.